The zero-order valence-electron chi connectivity index (χ0n) is 6.77. The summed E-state index contributed by atoms with van der Waals surface area (Å²) in [7, 11) is -3.68. The van der Waals surface area contributed by atoms with E-state index in [1.54, 1.807) is 12.1 Å². The van der Waals surface area contributed by atoms with Crippen LogP contribution in [0.5, 0.6) is 0 Å². The van der Waals surface area contributed by atoms with E-state index in [1.807, 2.05) is 0 Å². The van der Waals surface area contributed by atoms with Gasteiger partial charge >= 0.3 is 0 Å². The van der Waals surface area contributed by atoms with Crippen LogP contribution >= 0.6 is 8.58 Å². The average molecular weight is 220 g/mol. The van der Waals surface area contributed by atoms with E-state index in [4.69, 9.17) is 15.1 Å². The molecule has 0 rings (SSSR count). The summed E-state index contributed by atoms with van der Waals surface area (Å²) in [6.07, 6.45) is 0.682. The molecule has 7 heteroatoms. The largest absolute Gasteiger partial charge is 0.286 e. The van der Waals surface area contributed by atoms with Crippen LogP contribution in [0.25, 0.3) is 0 Å². The van der Waals surface area contributed by atoms with Crippen molar-refractivity contribution in [1.29, 1.82) is 10.5 Å². The highest BCUT2D eigenvalue weighted by Crippen LogP contribution is 2.14. The molecular weight excluding hydrogens is 211 g/mol. The summed E-state index contributed by atoms with van der Waals surface area (Å²) >= 11 is 0. The first-order valence-corrected chi connectivity index (χ1v) is 6.47. The minimum atomic E-state index is -3.89. The van der Waals surface area contributed by atoms with Crippen molar-refractivity contribution in [2.75, 3.05) is 18.1 Å². The van der Waals surface area contributed by atoms with Crippen molar-refractivity contribution >= 4 is 18.7 Å². The Morgan fingerprint density at radius 3 is 2.31 bits per heavy atom. The van der Waals surface area contributed by atoms with Crippen LogP contribution in [0.2, 0.25) is 0 Å². The highest BCUT2D eigenvalue weighted by atomic mass is 32.2. The van der Waals surface area contributed by atoms with Crippen LogP contribution in [0.15, 0.2) is 0 Å². The van der Waals surface area contributed by atoms with Gasteiger partial charge in [-0.1, -0.05) is 0 Å². The smallest absolute Gasteiger partial charge is 0.265 e. The van der Waals surface area contributed by atoms with E-state index < -0.39 is 16.0 Å². The van der Waals surface area contributed by atoms with Crippen LogP contribution in [-0.2, 0) is 10.1 Å². The van der Waals surface area contributed by atoms with Gasteiger partial charge in [0.15, 0.2) is 0 Å². The zero-order chi connectivity index (χ0) is 10.3. The van der Waals surface area contributed by atoms with Crippen molar-refractivity contribution in [3.05, 3.63) is 0 Å². The van der Waals surface area contributed by atoms with Gasteiger partial charge in [0.05, 0.1) is 17.9 Å². The van der Waals surface area contributed by atoms with Crippen molar-refractivity contribution in [3.63, 3.8) is 0 Å². The van der Waals surface area contributed by atoms with Gasteiger partial charge < -0.3 is 0 Å². The van der Waals surface area contributed by atoms with Crippen LogP contribution in [0.4, 0.5) is 0 Å². The lowest BCUT2D eigenvalue weighted by atomic mass is 10.2. The van der Waals surface area contributed by atoms with E-state index in [9.17, 15) is 8.42 Å². The Morgan fingerprint density at radius 1 is 1.38 bits per heavy atom. The van der Waals surface area contributed by atoms with E-state index in [0.29, 0.717) is 12.3 Å². The maximum Gasteiger partial charge on any atom is 0.265 e. The Labute approximate surface area is 78.9 Å². The van der Waals surface area contributed by atoms with Crippen molar-refractivity contribution in [2.45, 2.75) is 0 Å². The topological polar surface area (TPSA) is 102 Å². The van der Waals surface area contributed by atoms with Gasteiger partial charge in [-0.15, -0.1) is 8.58 Å². The van der Waals surface area contributed by atoms with Gasteiger partial charge in [0.1, 0.15) is 5.92 Å². The molecule has 0 heterocycles. The van der Waals surface area contributed by atoms with Gasteiger partial charge in [0, 0.05) is 0 Å². The molecule has 1 N–H and O–H groups in total. The van der Waals surface area contributed by atoms with E-state index in [-0.39, 0.29) is 14.3 Å². The summed E-state index contributed by atoms with van der Waals surface area (Å²) in [5.41, 5.74) is 0. The first-order valence-electron chi connectivity index (χ1n) is 3.44. The lowest BCUT2D eigenvalue weighted by Gasteiger charge is -1.99. The van der Waals surface area contributed by atoms with Crippen LogP contribution in [0.1, 0.15) is 0 Å². The minimum absolute atomic E-state index is 0.216. The molecule has 13 heavy (non-hydrogen) atoms. The van der Waals surface area contributed by atoms with Crippen LogP contribution in [-0.4, -0.2) is 31.0 Å². The maximum absolute atomic E-state index is 10.2. The fourth-order valence-electron chi connectivity index (χ4n) is 0.568. The van der Waals surface area contributed by atoms with E-state index >= 15 is 0 Å². The number of rotatable bonds is 5. The van der Waals surface area contributed by atoms with Gasteiger partial charge in [-0.05, 0) is 12.3 Å². The Balaban J connectivity index is 3.60. The van der Waals surface area contributed by atoms with Crippen molar-refractivity contribution < 1.29 is 13.0 Å². The minimum Gasteiger partial charge on any atom is -0.286 e. The molecule has 0 aliphatic heterocycles. The molecule has 72 valence electrons. The lowest BCUT2D eigenvalue weighted by Crippen LogP contribution is -2.06. The maximum atomic E-state index is 10.2. The molecule has 1 atom stereocenters. The molecule has 0 bridgehead atoms. The molecule has 0 saturated carbocycles. The third kappa shape index (κ3) is 7.67. The fraction of sp³-hybridized carbons (Fsp3) is 0.667. The molecule has 0 amide bonds. The summed E-state index contributed by atoms with van der Waals surface area (Å²) < 4.78 is 28.8. The first kappa shape index (κ1) is 12.3. The highest BCUT2D eigenvalue weighted by Gasteiger charge is 2.07. The molecular formula is C6H9N2O3PS. The molecule has 0 spiro atoms. The van der Waals surface area contributed by atoms with Gasteiger partial charge in [-0.25, -0.2) is 0 Å². The summed E-state index contributed by atoms with van der Waals surface area (Å²) in [4.78, 5) is 0. The van der Waals surface area contributed by atoms with E-state index in [1.165, 1.54) is 0 Å². The SMILES string of the molecule is N#CC(C#N)CPCCS(=O)(=O)O. The second-order valence-corrected chi connectivity index (χ2v) is 5.28. The molecule has 0 aromatic heterocycles. The molecule has 0 aliphatic rings. The second-order valence-electron chi connectivity index (χ2n) is 2.30. The number of hydrogen-bond donors (Lipinski definition) is 1. The molecule has 1 unspecified atom stereocenters. The Bertz CT molecular complexity index is 313. The number of hydrogen-bond acceptors (Lipinski definition) is 4. The fourth-order valence-corrected chi connectivity index (χ4v) is 2.85. The highest BCUT2D eigenvalue weighted by molar-refractivity contribution is 7.86. The zero-order valence-corrected chi connectivity index (χ0v) is 8.58. The Morgan fingerprint density at radius 2 is 1.92 bits per heavy atom. The van der Waals surface area contributed by atoms with Gasteiger partial charge in [0.25, 0.3) is 10.1 Å². The number of nitrogens with zero attached hydrogens (tertiary/aromatic N) is 2. The molecule has 5 nitrogen and oxygen atoms in total. The first-order chi connectivity index (χ1) is 5.99. The standard InChI is InChI=1S/C6H9N2O3PS/c7-3-6(4-8)5-12-1-2-13(9,10)11/h6,12H,1-2,5H2,(H,9,10,11). The normalized spacial score (nSPS) is 11.7. The van der Waals surface area contributed by atoms with E-state index in [0.717, 1.165) is 0 Å². The molecule has 0 saturated heterocycles. The van der Waals surface area contributed by atoms with Crippen molar-refractivity contribution in [3.8, 4) is 12.1 Å². The quantitative estimate of drug-likeness (QED) is 0.405. The van der Waals surface area contributed by atoms with E-state index in [2.05, 4.69) is 0 Å². The van der Waals surface area contributed by atoms with Crippen LogP contribution < -0.4 is 0 Å². The number of nitriles is 2. The Hall–Kier alpha value is -0.680. The van der Waals surface area contributed by atoms with Crippen LogP contribution in [0.3, 0.4) is 0 Å². The van der Waals surface area contributed by atoms with Crippen molar-refractivity contribution in [1.82, 2.24) is 0 Å². The second kappa shape index (κ2) is 5.88. The van der Waals surface area contributed by atoms with Gasteiger partial charge in [-0.2, -0.15) is 18.9 Å². The van der Waals surface area contributed by atoms with Crippen LogP contribution in [0, 0.1) is 28.6 Å². The van der Waals surface area contributed by atoms with Gasteiger partial charge in [-0.3, -0.25) is 4.55 Å². The average Bonchev–Trinajstić information content (AvgIpc) is 2.03. The predicted octanol–water partition coefficient (Wildman–Crippen LogP) is 0.216. The summed E-state index contributed by atoms with van der Waals surface area (Å²) in [5.74, 6) is -0.964. The monoisotopic (exact) mass is 220 g/mol. The summed E-state index contributed by atoms with van der Waals surface area (Å²) in [6.45, 7) is 0. The summed E-state index contributed by atoms with van der Waals surface area (Å²) in [5, 5.41) is 16.7. The van der Waals surface area contributed by atoms with Gasteiger partial charge in [0.2, 0.25) is 0 Å². The Kier molecular flexibility index (Phi) is 5.57. The summed E-state index contributed by atoms with van der Waals surface area (Å²) in [6, 6.07) is 3.57. The lowest BCUT2D eigenvalue weighted by molar-refractivity contribution is 0.485. The molecule has 0 aromatic rings. The molecule has 0 radical (unpaired) electrons. The third-order valence-electron chi connectivity index (χ3n) is 1.20. The molecule has 0 fully saturated rings. The van der Waals surface area contributed by atoms with Crippen molar-refractivity contribution in [2.24, 2.45) is 5.92 Å². The molecule has 0 aliphatic carbocycles. The third-order valence-corrected chi connectivity index (χ3v) is 3.58. The molecule has 0 aromatic carbocycles. The predicted molar refractivity (Wildman–Crippen MR) is 49.2 cm³/mol.